The molecule has 284 valence electrons. The summed E-state index contributed by atoms with van der Waals surface area (Å²) in [5.74, 6) is -0.870. The number of amides is 4. The Morgan fingerprint density at radius 3 is 2.32 bits per heavy atom. The van der Waals surface area contributed by atoms with Crippen molar-refractivity contribution in [3.63, 3.8) is 0 Å². The zero-order valence-electron chi connectivity index (χ0n) is 31.1. The van der Waals surface area contributed by atoms with E-state index in [-0.39, 0.29) is 42.5 Å². The predicted molar refractivity (Wildman–Crippen MR) is 201 cm³/mol. The largest absolute Gasteiger partial charge is 0.494 e. The number of aryl methyl sites for hydroxylation is 2. The van der Waals surface area contributed by atoms with Gasteiger partial charge in [-0.2, -0.15) is 5.10 Å². The monoisotopic (exact) mass is 732 g/mol. The van der Waals surface area contributed by atoms with Crippen LogP contribution in [0.2, 0.25) is 0 Å². The van der Waals surface area contributed by atoms with E-state index in [2.05, 4.69) is 20.7 Å². The molecule has 17 heteroatoms. The maximum absolute atomic E-state index is 13.4. The number of carbonyl (C=O) groups excluding carboxylic acids is 4. The van der Waals surface area contributed by atoms with Crippen molar-refractivity contribution in [1.82, 2.24) is 24.2 Å². The highest BCUT2D eigenvalue weighted by atomic mass is 16.6. The SMILES string of the molecule is CCn1nc(C)cc1C(=O)Nc1nc2cc(C(N)=O)cc(OC)c2n1C/C=C/CNc1c(N)cc(C(N)=O)cc1OCCCN(C)C(=O)OC(C)(C)C. The molecule has 0 aliphatic heterocycles. The Kier molecular flexibility index (Phi) is 12.6. The molecular weight excluding hydrogens is 684 g/mol. The van der Waals surface area contributed by atoms with Gasteiger partial charge in [0.05, 0.1) is 30.6 Å². The van der Waals surface area contributed by atoms with Crippen molar-refractivity contribution < 1.29 is 33.4 Å². The summed E-state index contributed by atoms with van der Waals surface area (Å²) in [5, 5.41) is 10.5. The highest BCUT2D eigenvalue weighted by molar-refractivity contribution is 6.04. The number of rotatable bonds is 16. The number of carbonyl (C=O) groups is 4. The number of fused-ring (bicyclic) bond motifs is 1. The van der Waals surface area contributed by atoms with Crippen molar-refractivity contribution in [2.45, 2.75) is 59.7 Å². The fourth-order valence-electron chi connectivity index (χ4n) is 5.36. The third-order valence-electron chi connectivity index (χ3n) is 7.84. The number of hydrogen-bond donors (Lipinski definition) is 5. The quantitative estimate of drug-likeness (QED) is 0.0629. The second kappa shape index (κ2) is 16.8. The minimum absolute atomic E-state index is 0.177. The van der Waals surface area contributed by atoms with Crippen molar-refractivity contribution in [2.75, 3.05) is 50.2 Å². The van der Waals surface area contributed by atoms with Crippen LogP contribution in [0.15, 0.2) is 42.5 Å². The van der Waals surface area contributed by atoms with Gasteiger partial charge >= 0.3 is 6.09 Å². The molecule has 0 aliphatic rings. The standard InChI is InChI=1S/C36H48N10O7/c1-8-46-26(16-21(2)43-46)33(49)42-34-41-25-18-23(32(39)48)20-28(51-7)30(25)45(34)14-10-9-12-40-29-24(37)17-22(31(38)47)19-27(29)52-15-11-13-44(6)35(50)53-36(3,4)5/h9-10,16-20,40H,8,11-15,37H2,1-7H3,(H2,38,47)(H2,39,48)(H,41,42,49)/b10-9+. The molecule has 2 aromatic carbocycles. The van der Waals surface area contributed by atoms with Crippen LogP contribution >= 0.6 is 0 Å². The number of methoxy groups -OCH3 is 1. The third-order valence-corrected chi connectivity index (χ3v) is 7.84. The molecule has 4 aromatic rings. The molecule has 53 heavy (non-hydrogen) atoms. The molecule has 4 amide bonds. The minimum atomic E-state index is -0.666. The summed E-state index contributed by atoms with van der Waals surface area (Å²) in [6.07, 6.45) is 3.70. The summed E-state index contributed by atoms with van der Waals surface area (Å²) in [6.45, 7) is 10.7. The highest BCUT2D eigenvalue weighted by Gasteiger charge is 2.22. The molecule has 0 aliphatic carbocycles. The van der Waals surface area contributed by atoms with Crippen molar-refractivity contribution in [1.29, 1.82) is 0 Å². The number of ether oxygens (including phenoxy) is 3. The molecule has 0 atom stereocenters. The van der Waals surface area contributed by atoms with E-state index in [1.807, 2.05) is 19.1 Å². The van der Waals surface area contributed by atoms with Gasteiger partial charge in [0.2, 0.25) is 17.8 Å². The van der Waals surface area contributed by atoms with E-state index in [4.69, 9.17) is 31.4 Å². The lowest BCUT2D eigenvalue weighted by atomic mass is 10.1. The molecule has 0 spiro atoms. The molecule has 0 saturated carbocycles. The van der Waals surface area contributed by atoms with Gasteiger partial charge < -0.3 is 46.2 Å². The first kappa shape index (κ1) is 39.5. The molecule has 0 unspecified atom stereocenters. The number of hydrogen-bond acceptors (Lipinski definition) is 11. The molecule has 4 rings (SSSR count). The lowest BCUT2D eigenvalue weighted by molar-refractivity contribution is 0.0291. The van der Waals surface area contributed by atoms with Crippen LogP contribution in [0.1, 0.15) is 71.0 Å². The van der Waals surface area contributed by atoms with Gasteiger partial charge in [-0.1, -0.05) is 12.2 Å². The number of nitrogens with zero attached hydrogens (tertiary/aromatic N) is 5. The van der Waals surface area contributed by atoms with E-state index in [0.717, 1.165) is 0 Å². The summed E-state index contributed by atoms with van der Waals surface area (Å²) in [6, 6.07) is 7.71. The van der Waals surface area contributed by atoms with Crippen LogP contribution in [0.5, 0.6) is 11.5 Å². The van der Waals surface area contributed by atoms with Crippen molar-refractivity contribution in [2.24, 2.45) is 11.5 Å². The number of nitrogens with one attached hydrogen (secondary N) is 2. The molecule has 0 saturated heterocycles. The zero-order valence-corrected chi connectivity index (χ0v) is 31.1. The number of anilines is 3. The van der Waals surface area contributed by atoms with E-state index in [0.29, 0.717) is 59.1 Å². The molecular formula is C36H48N10O7. The van der Waals surface area contributed by atoms with Gasteiger partial charge in [-0.25, -0.2) is 9.78 Å². The summed E-state index contributed by atoms with van der Waals surface area (Å²) in [5.41, 5.74) is 19.8. The smallest absolute Gasteiger partial charge is 0.410 e. The van der Waals surface area contributed by atoms with E-state index in [1.54, 1.807) is 50.1 Å². The number of primary amides is 2. The van der Waals surface area contributed by atoms with Gasteiger partial charge in [-0.15, -0.1) is 0 Å². The molecule has 0 radical (unpaired) electrons. The topological polar surface area (TPSA) is 237 Å². The van der Waals surface area contributed by atoms with E-state index < -0.39 is 29.4 Å². The lowest BCUT2D eigenvalue weighted by Crippen LogP contribution is -2.35. The first-order chi connectivity index (χ1) is 25.0. The van der Waals surface area contributed by atoms with Crippen molar-refractivity contribution in [3.8, 4) is 11.5 Å². The van der Waals surface area contributed by atoms with E-state index >= 15 is 0 Å². The second-order valence-corrected chi connectivity index (χ2v) is 13.2. The third kappa shape index (κ3) is 9.96. The molecule has 2 aromatic heterocycles. The van der Waals surface area contributed by atoms with Gasteiger partial charge in [-0.05, 0) is 71.4 Å². The van der Waals surface area contributed by atoms with Crippen molar-refractivity contribution >= 4 is 52.2 Å². The number of aromatic nitrogens is 4. The Morgan fingerprint density at radius 2 is 1.68 bits per heavy atom. The van der Waals surface area contributed by atoms with Crippen LogP contribution in [0.4, 0.5) is 22.1 Å². The first-order valence-corrected chi connectivity index (χ1v) is 17.0. The predicted octanol–water partition coefficient (Wildman–Crippen LogP) is 3.91. The van der Waals surface area contributed by atoms with Crippen molar-refractivity contribution in [3.05, 3.63) is 65.0 Å². The number of imidazole rings is 1. The summed E-state index contributed by atoms with van der Waals surface area (Å²) < 4.78 is 20.3. The number of nitrogens with two attached hydrogens (primary N) is 3. The van der Waals surface area contributed by atoms with Crippen LogP contribution in [-0.4, -0.2) is 87.5 Å². The maximum Gasteiger partial charge on any atom is 0.410 e. The van der Waals surface area contributed by atoms with Gasteiger partial charge in [0.15, 0.2) is 0 Å². The summed E-state index contributed by atoms with van der Waals surface area (Å²) >= 11 is 0. The molecule has 0 bridgehead atoms. The Hall–Kier alpha value is -6.26. The Balaban J connectivity index is 1.53. The number of benzene rings is 2. The minimum Gasteiger partial charge on any atom is -0.494 e. The van der Waals surface area contributed by atoms with Crippen LogP contribution in [0.3, 0.4) is 0 Å². The van der Waals surface area contributed by atoms with E-state index in [9.17, 15) is 19.2 Å². The molecule has 0 fully saturated rings. The highest BCUT2D eigenvalue weighted by Crippen LogP contribution is 2.33. The average molecular weight is 733 g/mol. The first-order valence-electron chi connectivity index (χ1n) is 17.0. The molecule has 2 heterocycles. The molecule has 8 N–H and O–H groups in total. The summed E-state index contributed by atoms with van der Waals surface area (Å²) in [4.78, 5) is 55.8. The normalized spacial score (nSPS) is 11.5. The number of nitrogen functional groups attached to an aromatic ring is 1. The van der Waals surface area contributed by atoms with Gasteiger partial charge in [0, 0.05) is 44.4 Å². The van der Waals surface area contributed by atoms with Crippen LogP contribution in [-0.2, 0) is 17.8 Å². The van der Waals surface area contributed by atoms with Gasteiger partial charge in [0.1, 0.15) is 34.0 Å². The Morgan fingerprint density at radius 1 is 1.00 bits per heavy atom. The maximum atomic E-state index is 13.4. The fraction of sp³-hybridized carbons (Fsp3) is 0.389. The van der Waals surface area contributed by atoms with E-state index in [1.165, 1.54) is 36.3 Å². The summed E-state index contributed by atoms with van der Waals surface area (Å²) in [7, 11) is 3.10. The Bertz CT molecular complexity index is 2030. The Labute approximate surface area is 307 Å². The fourth-order valence-corrected chi connectivity index (χ4v) is 5.36. The second-order valence-electron chi connectivity index (χ2n) is 13.2. The van der Waals surface area contributed by atoms with Gasteiger partial charge in [-0.3, -0.25) is 24.4 Å². The number of allylic oxidation sites excluding steroid dienone is 1. The van der Waals surface area contributed by atoms with Crippen LogP contribution in [0, 0.1) is 6.92 Å². The van der Waals surface area contributed by atoms with Gasteiger partial charge in [0.25, 0.3) is 5.91 Å². The zero-order chi connectivity index (χ0) is 39.0. The van der Waals surface area contributed by atoms with Crippen LogP contribution in [0.25, 0.3) is 11.0 Å². The lowest BCUT2D eigenvalue weighted by Gasteiger charge is -2.24. The average Bonchev–Trinajstić information content (AvgIpc) is 3.64. The molecule has 17 nitrogen and oxygen atoms in total. The van der Waals surface area contributed by atoms with Crippen LogP contribution < -0.4 is 37.3 Å².